The Labute approximate surface area is 151 Å². The highest BCUT2D eigenvalue weighted by Gasteiger charge is 2.43. The van der Waals surface area contributed by atoms with E-state index in [0.717, 1.165) is 25.7 Å². The molecule has 6 heteroatoms. The lowest BCUT2D eigenvalue weighted by Crippen LogP contribution is -2.55. The van der Waals surface area contributed by atoms with Crippen molar-refractivity contribution >= 4 is 15.9 Å². The molecule has 5 nitrogen and oxygen atoms in total. The topological polar surface area (TPSA) is 57.7 Å². The quantitative estimate of drug-likeness (QED) is 0.805. The van der Waals surface area contributed by atoms with Crippen molar-refractivity contribution in [2.24, 2.45) is 5.41 Å². The van der Waals surface area contributed by atoms with E-state index in [-0.39, 0.29) is 17.1 Å². The minimum atomic E-state index is -3.15. The maximum atomic E-state index is 12.4. The summed E-state index contributed by atoms with van der Waals surface area (Å²) in [5.41, 5.74) is 1.17. The number of carbonyl (C=O) groups excluding carboxylic acids is 1. The van der Waals surface area contributed by atoms with E-state index in [1.165, 1.54) is 5.56 Å². The molecule has 1 atom stereocenters. The molecule has 3 rings (SSSR count). The van der Waals surface area contributed by atoms with Crippen molar-refractivity contribution in [2.45, 2.75) is 39.0 Å². The molecular formula is C19H28N2O3S. The third-order valence-corrected chi connectivity index (χ3v) is 7.47. The van der Waals surface area contributed by atoms with Gasteiger partial charge in [-0.15, -0.1) is 0 Å². The minimum Gasteiger partial charge on any atom is -0.342 e. The Morgan fingerprint density at radius 3 is 2.60 bits per heavy atom. The van der Waals surface area contributed by atoms with E-state index in [1.54, 1.807) is 11.2 Å². The summed E-state index contributed by atoms with van der Waals surface area (Å²) in [6.07, 6.45) is 4.09. The van der Waals surface area contributed by atoms with Gasteiger partial charge in [-0.2, -0.15) is 0 Å². The van der Waals surface area contributed by atoms with Crippen molar-refractivity contribution in [1.29, 1.82) is 0 Å². The lowest BCUT2D eigenvalue weighted by atomic mass is 9.74. The van der Waals surface area contributed by atoms with Gasteiger partial charge in [-0.05, 0) is 38.2 Å². The molecule has 0 saturated carbocycles. The monoisotopic (exact) mass is 364 g/mol. The van der Waals surface area contributed by atoms with Gasteiger partial charge in [0.05, 0.1) is 5.75 Å². The Morgan fingerprint density at radius 1 is 1.12 bits per heavy atom. The zero-order chi connectivity index (χ0) is 17.9. The van der Waals surface area contributed by atoms with Crippen molar-refractivity contribution in [3.05, 3.63) is 35.9 Å². The summed E-state index contributed by atoms with van der Waals surface area (Å²) < 4.78 is 26.2. The molecule has 0 aromatic heterocycles. The summed E-state index contributed by atoms with van der Waals surface area (Å²) >= 11 is 0. The van der Waals surface area contributed by atoms with Crippen LogP contribution in [0.4, 0.5) is 0 Å². The molecular weight excluding hydrogens is 336 g/mol. The van der Waals surface area contributed by atoms with Gasteiger partial charge >= 0.3 is 0 Å². The normalized spacial score (nSPS) is 25.5. The van der Waals surface area contributed by atoms with Crippen molar-refractivity contribution in [3.8, 4) is 0 Å². The predicted molar refractivity (Wildman–Crippen MR) is 98.7 cm³/mol. The van der Waals surface area contributed by atoms with Crippen LogP contribution in [-0.2, 0) is 21.2 Å². The van der Waals surface area contributed by atoms with E-state index in [9.17, 15) is 13.2 Å². The molecule has 2 heterocycles. The third-order valence-electron chi connectivity index (χ3n) is 5.65. The number of hydrogen-bond donors (Lipinski definition) is 0. The predicted octanol–water partition coefficient (Wildman–Crippen LogP) is 2.28. The molecule has 0 radical (unpaired) electrons. The number of nitrogens with zero attached hydrogens (tertiary/aromatic N) is 2. The Kier molecular flexibility index (Phi) is 5.49. The van der Waals surface area contributed by atoms with E-state index in [4.69, 9.17) is 0 Å². The third kappa shape index (κ3) is 4.23. The Bertz CT molecular complexity index is 705. The first-order chi connectivity index (χ1) is 11.9. The molecule has 0 N–H and O–H groups in total. The number of carbonyl (C=O) groups is 1. The molecule has 2 fully saturated rings. The number of amides is 1. The first kappa shape index (κ1) is 18.4. The summed E-state index contributed by atoms with van der Waals surface area (Å²) in [7, 11) is -3.15. The number of piperidine rings is 2. The molecule has 1 aromatic carbocycles. The lowest BCUT2D eigenvalue weighted by Gasteiger charge is -2.47. The van der Waals surface area contributed by atoms with Crippen LogP contribution in [0.15, 0.2) is 30.3 Å². The maximum absolute atomic E-state index is 12.4. The van der Waals surface area contributed by atoms with Gasteiger partial charge in [0.2, 0.25) is 15.9 Å². The number of likely N-dealkylation sites (tertiary alicyclic amines) is 1. The SMILES string of the molecule is CCS(=O)(=O)N1CCC[C@@]2(CCC(=O)N(CCc3ccccc3)C2)C1. The van der Waals surface area contributed by atoms with E-state index >= 15 is 0 Å². The number of rotatable bonds is 5. The fourth-order valence-corrected chi connectivity index (χ4v) is 5.37. The van der Waals surface area contributed by atoms with Crippen LogP contribution in [0.3, 0.4) is 0 Å². The second-order valence-corrected chi connectivity index (χ2v) is 9.65. The van der Waals surface area contributed by atoms with Crippen LogP contribution in [0.5, 0.6) is 0 Å². The van der Waals surface area contributed by atoms with Crippen molar-refractivity contribution in [3.63, 3.8) is 0 Å². The molecule has 1 spiro atoms. The molecule has 2 saturated heterocycles. The van der Waals surface area contributed by atoms with Crippen molar-refractivity contribution in [2.75, 3.05) is 31.9 Å². The average Bonchev–Trinajstić information content (AvgIpc) is 2.64. The fraction of sp³-hybridized carbons (Fsp3) is 0.632. The van der Waals surface area contributed by atoms with E-state index in [1.807, 2.05) is 23.1 Å². The van der Waals surface area contributed by atoms with Gasteiger partial charge in [-0.3, -0.25) is 4.79 Å². The molecule has 1 aromatic rings. The van der Waals surface area contributed by atoms with Gasteiger partial charge < -0.3 is 4.90 Å². The standard InChI is InChI=1S/C19H28N2O3S/c1-2-25(23,24)21-13-6-11-19(16-21)12-9-18(22)20(15-19)14-10-17-7-4-3-5-8-17/h3-5,7-8H,2,6,9-16H2,1H3/t19-/m0/s1. The van der Waals surface area contributed by atoms with Crippen LogP contribution in [0.25, 0.3) is 0 Å². The van der Waals surface area contributed by atoms with Gasteiger partial charge in [-0.1, -0.05) is 30.3 Å². The summed E-state index contributed by atoms with van der Waals surface area (Å²) in [5.74, 6) is 0.358. The van der Waals surface area contributed by atoms with Crippen LogP contribution in [0, 0.1) is 5.41 Å². The molecule has 0 bridgehead atoms. The molecule has 2 aliphatic heterocycles. The second kappa shape index (κ2) is 7.46. The van der Waals surface area contributed by atoms with Crippen LogP contribution in [-0.4, -0.2) is 55.5 Å². The highest BCUT2D eigenvalue weighted by Crippen LogP contribution is 2.39. The lowest BCUT2D eigenvalue weighted by molar-refractivity contribution is -0.138. The molecule has 2 aliphatic rings. The molecule has 138 valence electrons. The van der Waals surface area contributed by atoms with Gasteiger partial charge in [0, 0.05) is 38.0 Å². The van der Waals surface area contributed by atoms with Gasteiger partial charge in [-0.25, -0.2) is 12.7 Å². The summed E-state index contributed by atoms with van der Waals surface area (Å²) in [4.78, 5) is 14.3. The van der Waals surface area contributed by atoms with Crippen LogP contribution >= 0.6 is 0 Å². The summed E-state index contributed by atoms with van der Waals surface area (Å²) in [5, 5.41) is 0. The second-order valence-electron chi connectivity index (χ2n) is 7.39. The van der Waals surface area contributed by atoms with E-state index in [2.05, 4.69) is 12.1 Å². The average molecular weight is 365 g/mol. The number of sulfonamides is 1. The summed E-state index contributed by atoms with van der Waals surface area (Å²) in [6.45, 7) is 4.29. The Balaban J connectivity index is 1.67. The van der Waals surface area contributed by atoms with Gasteiger partial charge in [0.1, 0.15) is 0 Å². The molecule has 0 unspecified atom stereocenters. The number of benzene rings is 1. The highest BCUT2D eigenvalue weighted by molar-refractivity contribution is 7.89. The molecule has 25 heavy (non-hydrogen) atoms. The van der Waals surface area contributed by atoms with Crippen LogP contribution < -0.4 is 0 Å². The summed E-state index contributed by atoms with van der Waals surface area (Å²) in [6, 6.07) is 10.2. The van der Waals surface area contributed by atoms with Crippen molar-refractivity contribution in [1.82, 2.24) is 9.21 Å². The van der Waals surface area contributed by atoms with Gasteiger partial charge in [0.25, 0.3) is 0 Å². The minimum absolute atomic E-state index is 0.0644. The van der Waals surface area contributed by atoms with Crippen LogP contribution in [0.2, 0.25) is 0 Å². The maximum Gasteiger partial charge on any atom is 0.222 e. The van der Waals surface area contributed by atoms with Gasteiger partial charge in [0.15, 0.2) is 0 Å². The fourth-order valence-electron chi connectivity index (χ4n) is 4.13. The Hall–Kier alpha value is -1.40. The zero-order valence-electron chi connectivity index (χ0n) is 15.0. The zero-order valence-corrected chi connectivity index (χ0v) is 15.8. The largest absolute Gasteiger partial charge is 0.342 e. The van der Waals surface area contributed by atoms with Crippen molar-refractivity contribution < 1.29 is 13.2 Å². The van der Waals surface area contributed by atoms with E-state index < -0.39 is 10.0 Å². The van der Waals surface area contributed by atoms with E-state index in [0.29, 0.717) is 32.6 Å². The highest BCUT2D eigenvalue weighted by atomic mass is 32.2. The first-order valence-corrected chi connectivity index (χ1v) is 10.8. The van der Waals surface area contributed by atoms with Crippen LogP contribution in [0.1, 0.15) is 38.2 Å². The first-order valence-electron chi connectivity index (χ1n) is 9.24. The Morgan fingerprint density at radius 2 is 1.88 bits per heavy atom. The smallest absolute Gasteiger partial charge is 0.222 e. The molecule has 0 aliphatic carbocycles. The number of hydrogen-bond acceptors (Lipinski definition) is 3. The molecule has 1 amide bonds.